The third kappa shape index (κ3) is 34.2. The molecule has 2 saturated carbocycles. The van der Waals surface area contributed by atoms with Gasteiger partial charge in [-0.3, -0.25) is 24.0 Å². The van der Waals surface area contributed by atoms with E-state index in [1.54, 1.807) is 65.6 Å². The third-order valence-corrected chi connectivity index (χ3v) is 24.7. The van der Waals surface area contributed by atoms with Crippen LogP contribution < -0.4 is 32.3 Å². The highest BCUT2D eigenvalue weighted by molar-refractivity contribution is 8.00. The summed E-state index contributed by atoms with van der Waals surface area (Å²) in [6.07, 6.45) is 4.70. The highest BCUT2D eigenvalue weighted by atomic mass is 35.5. The molecule has 5 amide bonds. The molecule has 14 nitrogen and oxygen atoms in total. The van der Waals surface area contributed by atoms with Crippen LogP contribution in [0, 0.1) is 40.7 Å². The minimum atomic E-state index is -4.33. The standard InChI is InChI=1S/2C20H21ClFNO2S.C16H11ClF5NOS.C16H15ClFNO2S.C15H13ClF2N2OS/c2*21-18-11-14(8-9-19(18)22)23-20(25)13-4-3-7-16(10-13)26-17-6-2-1-5-15(24)12-17;17-11-8-10(2-4-12(11)18)23-15(24)9-1-3-13(19)14(7-9)25-6-5-16(20,21)22;17-14-10-12(5-6-15(14)18)19-16(21)11-3-1-4-13(9-11)22-8-2-7-20;16-11-8-10(2-4-12(11)17)20-15(21)9-1-3-13(18)14(7-9)22-6-5-19/h2*3-4,7-11,15,17,24H,1-2,5-6,12H2,(H,23,25);1-4,7-8H,5-6H2,(H,23,24);1,3-6,9-10,20H,2,7-8H2,(H,19,21);1-4,7-8H,5-6,19H2,(H,20,21)/t2*15-,17?;;;/m11.../s1. The lowest BCUT2D eigenvalue weighted by molar-refractivity contribution is -0.129. The Morgan fingerprint density at radius 3 is 0.983 bits per heavy atom. The summed E-state index contributed by atoms with van der Waals surface area (Å²) < 4.78 is 130. The van der Waals surface area contributed by atoms with Gasteiger partial charge in [0, 0.05) is 122 Å². The molecule has 2 fully saturated rings. The Hall–Kier alpha value is -8.11. The Labute approximate surface area is 739 Å². The van der Waals surface area contributed by atoms with E-state index in [9.17, 15) is 78.1 Å². The molecule has 0 radical (unpaired) electrons. The Morgan fingerprint density at radius 1 is 0.372 bits per heavy atom. The van der Waals surface area contributed by atoms with Crippen LogP contribution in [0.5, 0.6) is 0 Å². The minimum absolute atomic E-state index is 0.0287. The van der Waals surface area contributed by atoms with Gasteiger partial charge in [-0.25, -0.2) is 30.7 Å². The average Bonchev–Trinajstić information content (AvgIpc) is 1.56. The first-order chi connectivity index (χ1) is 57.8. The first-order valence-electron chi connectivity index (χ1n) is 37.5. The predicted octanol–water partition coefficient (Wildman–Crippen LogP) is 25.1. The van der Waals surface area contributed by atoms with Gasteiger partial charge in [0.25, 0.3) is 29.5 Å². The van der Waals surface area contributed by atoms with Gasteiger partial charge in [0.1, 0.15) is 40.7 Å². The molecule has 12 rings (SSSR count). The number of nitrogens with one attached hydrogen (secondary N) is 5. The van der Waals surface area contributed by atoms with Crippen LogP contribution in [0.4, 0.5) is 72.3 Å². The van der Waals surface area contributed by atoms with Gasteiger partial charge in [-0.1, -0.05) is 102 Å². The maximum Gasteiger partial charge on any atom is 0.389 e. The molecule has 10 aromatic carbocycles. The molecule has 4 atom stereocenters. The molecular weight excluding hydrogens is 1780 g/mol. The Balaban J connectivity index is 0.000000188. The highest BCUT2D eigenvalue weighted by Gasteiger charge is 2.28. The van der Waals surface area contributed by atoms with Crippen molar-refractivity contribution < 1.29 is 83.2 Å². The third-order valence-electron chi connectivity index (χ3n) is 17.5. The number of carbonyl (C=O) groups excluding carboxylic acids is 5. The second kappa shape index (κ2) is 50.0. The maximum absolute atomic E-state index is 13.7. The van der Waals surface area contributed by atoms with Crippen molar-refractivity contribution in [3.05, 3.63) is 294 Å². The molecule has 0 aromatic heterocycles. The van der Waals surface area contributed by atoms with E-state index in [1.165, 1.54) is 115 Å². The molecular formula is C87H81Cl5F10N6O8S5. The van der Waals surface area contributed by atoms with Crippen molar-refractivity contribution in [3.8, 4) is 0 Å². The monoisotopic (exact) mass is 1860 g/mol. The van der Waals surface area contributed by atoms with Gasteiger partial charge in [0.15, 0.2) is 0 Å². The maximum atomic E-state index is 13.7. The molecule has 34 heteroatoms. The fourth-order valence-corrected chi connectivity index (χ4v) is 17.6. The molecule has 0 aliphatic heterocycles. The lowest BCUT2D eigenvalue weighted by Gasteiger charge is -2.16. The van der Waals surface area contributed by atoms with Crippen LogP contribution in [-0.4, -0.2) is 104 Å². The van der Waals surface area contributed by atoms with Crippen LogP contribution in [0.15, 0.2) is 225 Å². The molecule has 0 saturated heterocycles. The number of nitrogens with two attached hydrogens (primary N) is 1. The van der Waals surface area contributed by atoms with E-state index in [4.69, 9.17) is 68.8 Å². The van der Waals surface area contributed by atoms with E-state index >= 15 is 0 Å². The van der Waals surface area contributed by atoms with E-state index in [0.717, 1.165) is 109 Å². The number of amides is 5. The zero-order valence-electron chi connectivity index (χ0n) is 64.1. The van der Waals surface area contributed by atoms with Crippen molar-refractivity contribution in [2.75, 3.05) is 57.0 Å². The lowest BCUT2D eigenvalue weighted by atomic mass is 10.2. The number of hydrogen-bond donors (Lipinski definition) is 9. The van der Waals surface area contributed by atoms with Gasteiger partial charge in [-0.05, 0) is 227 Å². The molecule has 2 unspecified atom stereocenters. The number of anilines is 5. The normalized spacial score (nSPS) is 15.0. The van der Waals surface area contributed by atoms with Gasteiger partial charge in [0.2, 0.25) is 0 Å². The molecule has 0 heterocycles. The van der Waals surface area contributed by atoms with Crippen LogP contribution in [-0.2, 0) is 0 Å². The first kappa shape index (κ1) is 98.3. The Kier molecular flexibility index (Phi) is 40.6. The molecule has 10 aromatic rings. The second-order valence-electron chi connectivity index (χ2n) is 26.9. The zero-order chi connectivity index (χ0) is 87.7. The number of aliphatic hydroxyl groups is 3. The second-order valence-corrected chi connectivity index (χ2v) is 35.1. The van der Waals surface area contributed by atoms with Crippen LogP contribution in [0.1, 0.15) is 129 Å². The fraction of sp³-hybridized carbons (Fsp3) is 0.253. The van der Waals surface area contributed by atoms with Crippen molar-refractivity contribution in [1.82, 2.24) is 0 Å². The van der Waals surface area contributed by atoms with Gasteiger partial charge in [-0.2, -0.15) is 13.2 Å². The van der Waals surface area contributed by atoms with Gasteiger partial charge in [0.05, 0.1) is 43.7 Å². The zero-order valence-corrected chi connectivity index (χ0v) is 71.9. The number of carbonyl (C=O) groups is 5. The summed E-state index contributed by atoms with van der Waals surface area (Å²) in [5.41, 5.74) is 9.23. The minimum Gasteiger partial charge on any atom is -0.396 e. The molecule has 0 spiro atoms. The van der Waals surface area contributed by atoms with Crippen LogP contribution in [0.2, 0.25) is 25.1 Å². The number of rotatable bonds is 24. The molecule has 2 aliphatic rings. The quantitative estimate of drug-likeness (QED) is 0.0119. The summed E-state index contributed by atoms with van der Waals surface area (Å²) in [4.78, 5) is 64.7. The number of thioether (sulfide) groups is 5. The predicted molar refractivity (Wildman–Crippen MR) is 470 cm³/mol. The van der Waals surface area contributed by atoms with Gasteiger partial charge < -0.3 is 47.6 Å². The van der Waals surface area contributed by atoms with Gasteiger partial charge in [-0.15, -0.1) is 58.8 Å². The smallest absolute Gasteiger partial charge is 0.389 e. The van der Waals surface area contributed by atoms with Gasteiger partial charge >= 0.3 is 6.18 Å². The molecule has 642 valence electrons. The highest BCUT2D eigenvalue weighted by Crippen LogP contribution is 2.37. The van der Waals surface area contributed by atoms with E-state index < -0.39 is 65.1 Å². The number of aliphatic hydroxyl groups excluding tert-OH is 3. The summed E-state index contributed by atoms with van der Waals surface area (Å²) in [5, 5.41) is 42.3. The number of hydrogen-bond acceptors (Lipinski definition) is 14. The summed E-state index contributed by atoms with van der Waals surface area (Å²) >= 11 is 35.4. The molecule has 0 bridgehead atoms. The van der Waals surface area contributed by atoms with Crippen molar-refractivity contribution in [3.63, 3.8) is 0 Å². The van der Waals surface area contributed by atoms with Crippen molar-refractivity contribution >= 4 is 175 Å². The van der Waals surface area contributed by atoms with E-state index in [0.29, 0.717) is 90.9 Å². The largest absolute Gasteiger partial charge is 0.396 e. The summed E-state index contributed by atoms with van der Waals surface area (Å²) in [5.74, 6) is -4.80. The Morgan fingerprint density at radius 2 is 0.669 bits per heavy atom. The Bertz CT molecular complexity index is 5050. The number of alkyl halides is 3. The number of benzene rings is 10. The van der Waals surface area contributed by atoms with E-state index in [-0.39, 0.29) is 83.5 Å². The van der Waals surface area contributed by atoms with Crippen LogP contribution in [0.25, 0.3) is 0 Å². The van der Waals surface area contributed by atoms with Crippen LogP contribution >= 0.6 is 117 Å². The molecule has 121 heavy (non-hydrogen) atoms. The summed E-state index contributed by atoms with van der Waals surface area (Å²) in [6.45, 7) is 0.563. The van der Waals surface area contributed by atoms with E-state index in [1.807, 2.05) is 42.5 Å². The molecule has 10 N–H and O–H groups in total. The van der Waals surface area contributed by atoms with Crippen LogP contribution in [0.3, 0.4) is 0 Å². The molecule has 2 aliphatic carbocycles. The fourth-order valence-electron chi connectivity index (χ4n) is 11.4. The van der Waals surface area contributed by atoms with E-state index in [2.05, 4.69) is 26.6 Å². The van der Waals surface area contributed by atoms with Crippen molar-refractivity contribution in [1.29, 1.82) is 0 Å². The first-order valence-corrected chi connectivity index (χ1v) is 44.1. The van der Waals surface area contributed by atoms with Crippen molar-refractivity contribution in [2.24, 2.45) is 5.73 Å². The summed E-state index contributed by atoms with van der Waals surface area (Å²) in [7, 11) is 0. The SMILES string of the molecule is NCCSc1cc(C(=O)Nc2ccc(F)c(Cl)c2)ccc1F.O=C(Nc1ccc(F)c(Cl)c1)c1ccc(F)c(SCCC(F)(F)F)c1.O=C(Nc1ccc(F)c(Cl)c1)c1cccc(SC2CCCC[C@@H](O)C2)c1.O=C(Nc1ccc(F)c(Cl)c1)c1cccc(SC2CCCC[C@@H](O)C2)c1.O=C(Nc1ccc(F)c(Cl)c1)c1cccc(SCCCO)c1. The average molecular weight is 1870 g/mol. The lowest BCUT2D eigenvalue weighted by Crippen LogP contribution is -2.13. The summed E-state index contributed by atoms with van der Waals surface area (Å²) in [6, 6.07) is 49.1. The van der Waals surface area contributed by atoms with Crippen molar-refractivity contribution in [2.45, 2.75) is 130 Å². The topological polar surface area (TPSA) is 232 Å². The number of halogens is 15.